The Hall–Kier alpha value is -3.76. The van der Waals surface area contributed by atoms with Crippen LogP contribution in [0.25, 0.3) is 10.2 Å². The van der Waals surface area contributed by atoms with Gasteiger partial charge in [0, 0.05) is 17.5 Å². The second kappa shape index (κ2) is 9.85. The number of rotatable bonds is 7. The molecule has 0 aliphatic carbocycles. The highest BCUT2D eigenvalue weighted by Crippen LogP contribution is 2.47. The minimum Gasteiger partial charge on any atom is -0.496 e. The number of benzene rings is 3. The van der Waals surface area contributed by atoms with Crippen molar-refractivity contribution < 1.29 is 38.0 Å². The van der Waals surface area contributed by atoms with Crippen molar-refractivity contribution in [3.05, 3.63) is 81.9 Å². The first kappa shape index (κ1) is 25.9. The first-order chi connectivity index (χ1) is 18.1. The second-order valence-electron chi connectivity index (χ2n) is 9.62. The lowest BCUT2D eigenvalue weighted by Crippen LogP contribution is -2.45. The van der Waals surface area contributed by atoms with Crippen LogP contribution in [0, 0.1) is 17.6 Å². The van der Waals surface area contributed by atoms with Gasteiger partial charge < -0.3 is 24.4 Å². The molecule has 0 amide bonds. The average molecular weight is 542 g/mol. The van der Waals surface area contributed by atoms with Crippen LogP contribution < -0.4 is 14.2 Å². The number of carboxylic acid groups (broad SMARTS) is 1. The van der Waals surface area contributed by atoms with E-state index in [0.717, 1.165) is 12.1 Å². The maximum Gasteiger partial charge on any atom is 0.335 e. The molecule has 1 aliphatic rings. The molecule has 10 heteroatoms. The molecule has 0 radical (unpaired) electrons. The molecule has 0 fully saturated rings. The minimum atomic E-state index is -1.05. The zero-order valence-electron chi connectivity index (χ0n) is 20.8. The van der Waals surface area contributed by atoms with Crippen LogP contribution in [0.5, 0.6) is 17.2 Å². The fraction of sp³-hybridized carbons (Fsp3) is 0.286. The molecule has 198 valence electrons. The van der Waals surface area contributed by atoms with E-state index in [1.807, 2.05) is 13.8 Å². The number of aromatic nitrogens is 1. The highest BCUT2D eigenvalue weighted by Gasteiger charge is 2.43. The number of aliphatic hydroxyl groups excluding tert-OH is 1. The van der Waals surface area contributed by atoms with Gasteiger partial charge in [-0.25, -0.2) is 18.6 Å². The lowest BCUT2D eigenvalue weighted by atomic mass is 9.76. The van der Waals surface area contributed by atoms with Crippen LogP contribution in [0.2, 0.25) is 0 Å². The standard InChI is InChI=1S/C28H25F2NO6S/c1-28(2)18(9-15-8-14(27(33)34)4-6-22(15)35-3)26(32)17-10-16(5-7-23(17)37-28)36-13-25-31-21-11-19(29)20(30)12-24(21)38-25/h4-8,10-12,18,26,32H,9,13H2,1-3H3,(H,33,34)/t18-,26-/m1/s1. The molecule has 7 nitrogen and oxygen atoms in total. The number of carboxylic acids is 1. The normalized spacial score (nSPS) is 18.1. The van der Waals surface area contributed by atoms with E-state index in [4.69, 9.17) is 14.2 Å². The van der Waals surface area contributed by atoms with E-state index >= 15 is 0 Å². The molecule has 1 aliphatic heterocycles. The van der Waals surface area contributed by atoms with Gasteiger partial charge in [0.05, 0.1) is 29.0 Å². The van der Waals surface area contributed by atoms with Crippen molar-refractivity contribution >= 4 is 27.5 Å². The summed E-state index contributed by atoms with van der Waals surface area (Å²) in [5.74, 6) is -1.86. The summed E-state index contributed by atoms with van der Waals surface area (Å²) in [6, 6.07) is 11.9. The number of fused-ring (bicyclic) bond motifs is 2. The molecule has 5 rings (SSSR count). The SMILES string of the molecule is COc1ccc(C(=O)O)cc1C[C@@H]1[C@H](O)c2cc(OCc3nc4cc(F)c(F)cc4s3)ccc2OC1(C)C. The van der Waals surface area contributed by atoms with E-state index in [1.54, 1.807) is 30.3 Å². The predicted molar refractivity (Wildman–Crippen MR) is 137 cm³/mol. The highest BCUT2D eigenvalue weighted by atomic mass is 32.1. The van der Waals surface area contributed by atoms with Gasteiger partial charge in [-0.15, -0.1) is 11.3 Å². The summed E-state index contributed by atoms with van der Waals surface area (Å²) in [6.07, 6.45) is -0.633. The molecule has 0 spiro atoms. The molecule has 2 atom stereocenters. The van der Waals surface area contributed by atoms with Gasteiger partial charge in [-0.1, -0.05) is 0 Å². The van der Waals surface area contributed by atoms with E-state index in [2.05, 4.69) is 4.98 Å². The van der Waals surface area contributed by atoms with Crippen molar-refractivity contribution in [2.45, 2.75) is 38.6 Å². The first-order valence-electron chi connectivity index (χ1n) is 11.8. The summed E-state index contributed by atoms with van der Waals surface area (Å²) >= 11 is 1.21. The summed E-state index contributed by atoms with van der Waals surface area (Å²) in [5.41, 5.74) is 0.890. The van der Waals surface area contributed by atoms with Crippen molar-refractivity contribution in [2.75, 3.05) is 7.11 Å². The molecule has 0 saturated carbocycles. The molecule has 0 unspecified atom stereocenters. The summed E-state index contributed by atoms with van der Waals surface area (Å²) in [5, 5.41) is 21.4. The van der Waals surface area contributed by atoms with Gasteiger partial charge in [-0.05, 0) is 68.3 Å². The third-order valence-electron chi connectivity index (χ3n) is 6.75. The zero-order valence-corrected chi connectivity index (χ0v) is 21.6. The van der Waals surface area contributed by atoms with Gasteiger partial charge in [0.1, 0.15) is 34.5 Å². The number of thiazole rings is 1. The zero-order chi connectivity index (χ0) is 27.2. The number of hydrogen-bond donors (Lipinski definition) is 2. The summed E-state index contributed by atoms with van der Waals surface area (Å²) < 4.78 is 45.1. The Labute approximate surface area is 221 Å². The van der Waals surface area contributed by atoms with Crippen LogP contribution in [0.3, 0.4) is 0 Å². The molecule has 2 N–H and O–H groups in total. The topological polar surface area (TPSA) is 98.1 Å². The van der Waals surface area contributed by atoms with Crippen LogP contribution in [-0.2, 0) is 13.0 Å². The Balaban J connectivity index is 1.38. The lowest BCUT2D eigenvalue weighted by Gasteiger charge is -2.43. The fourth-order valence-electron chi connectivity index (χ4n) is 4.74. The predicted octanol–water partition coefficient (Wildman–Crippen LogP) is 5.92. The van der Waals surface area contributed by atoms with Crippen LogP contribution in [0.15, 0.2) is 48.5 Å². The maximum atomic E-state index is 13.5. The monoisotopic (exact) mass is 541 g/mol. The molecule has 0 saturated heterocycles. The summed E-state index contributed by atoms with van der Waals surface area (Å²) in [6.45, 7) is 3.83. The largest absolute Gasteiger partial charge is 0.496 e. The number of nitrogens with zero attached hydrogens (tertiary/aromatic N) is 1. The summed E-state index contributed by atoms with van der Waals surface area (Å²) in [7, 11) is 1.51. The van der Waals surface area contributed by atoms with Gasteiger partial charge >= 0.3 is 5.97 Å². The number of aliphatic hydroxyl groups is 1. The van der Waals surface area contributed by atoms with E-state index in [-0.39, 0.29) is 12.2 Å². The number of halogens is 2. The van der Waals surface area contributed by atoms with Crippen molar-refractivity contribution in [2.24, 2.45) is 5.92 Å². The molecular formula is C28H25F2NO6S. The Morgan fingerprint density at radius 2 is 1.89 bits per heavy atom. The van der Waals surface area contributed by atoms with E-state index in [0.29, 0.717) is 50.0 Å². The van der Waals surface area contributed by atoms with Crippen molar-refractivity contribution in [1.82, 2.24) is 4.98 Å². The van der Waals surface area contributed by atoms with Gasteiger partial charge in [0.25, 0.3) is 0 Å². The number of hydrogen-bond acceptors (Lipinski definition) is 7. The number of ether oxygens (including phenoxy) is 3. The average Bonchev–Trinajstić information content (AvgIpc) is 3.26. The lowest BCUT2D eigenvalue weighted by molar-refractivity contribution is -0.0537. The van der Waals surface area contributed by atoms with Gasteiger partial charge in [0.2, 0.25) is 0 Å². The van der Waals surface area contributed by atoms with E-state index in [1.165, 1.54) is 24.5 Å². The number of aromatic carboxylic acids is 1. The molecule has 0 bridgehead atoms. The van der Waals surface area contributed by atoms with Gasteiger partial charge in [-0.2, -0.15) is 0 Å². The Kier molecular flexibility index (Phi) is 6.70. The number of carbonyl (C=O) groups is 1. The van der Waals surface area contributed by atoms with Gasteiger partial charge in [0.15, 0.2) is 11.6 Å². The van der Waals surface area contributed by atoms with Crippen molar-refractivity contribution in [3.8, 4) is 17.2 Å². The molecule has 4 aromatic rings. The molecule has 2 heterocycles. The quantitative estimate of drug-likeness (QED) is 0.300. The van der Waals surface area contributed by atoms with E-state index < -0.39 is 35.2 Å². The second-order valence-corrected chi connectivity index (χ2v) is 10.7. The molecular weight excluding hydrogens is 516 g/mol. The molecule has 3 aromatic carbocycles. The van der Waals surface area contributed by atoms with Crippen LogP contribution in [0.4, 0.5) is 8.78 Å². The first-order valence-corrected chi connectivity index (χ1v) is 12.7. The van der Waals surface area contributed by atoms with Gasteiger partial charge in [-0.3, -0.25) is 0 Å². The third-order valence-corrected chi connectivity index (χ3v) is 7.74. The third kappa shape index (κ3) is 4.89. The molecule has 38 heavy (non-hydrogen) atoms. The Morgan fingerprint density at radius 1 is 1.13 bits per heavy atom. The smallest absolute Gasteiger partial charge is 0.335 e. The minimum absolute atomic E-state index is 0.0758. The van der Waals surface area contributed by atoms with E-state index in [9.17, 15) is 23.8 Å². The highest BCUT2D eigenvalue weighted by molar-refractivity contribution is 7.18. The van der Waals surface area contributed by atoms with Crippen molar-refractivity contribution in [3.63, 3.8) is 0 Å². The number of methoxy groups -OCH3 is 1. The summed E-state index contributed by atoms with van der Waals surface area (Å²) in [4.78, 5) is 15.8. The molecule has 1 aromatic heterocycles. The van der Waals surface area contributed by atoms with Crippen LogP contribution >= 0.6 is 11.3 Å². The maximum absolute atomic E-state index is 13.5. The van der Waals surface area contributed by atoms with Crippen LogP contribution in [0.1, 0.15) is 46.4 Å². The van der Waals surface area contributed by atoms with Crippen molar-refractivity contribution in [1.29, 1.82) is 0 Å². The Morgan fingerprint density at radius 3 is 2.63 bits per heavy atom. The Bertz CT molecular complexity index is 1500. The fourth-order valence-corrected chi connectivity index (χ4v) is 5.63. The van der Waals surface area contributed by atoms with Crippen LogP contribution in [-0.4, -0.2) is 33.9 Å².